The zero-order valence-electron chi connectivity index (χ0n) is 15.1. The molecule has 0 N–H and O–H groups in total. The van der Waals surface area contributed by atoms with Gasteiger partial charge in [-0.3, -0.25) is 14.7 Å². The van der Waals surface area contributed by atoms with E-state index in [2.05, 4.69) is 15.0 Å². The summed E-state index contributed by atoms with van der Waals surface area (Å²) >= 11 is 2.60. The number of carbonyl (C=O) groups is 2. The summed E-state index contributed by atoms with van der Waals surface area (Å²) in [4.78, 5) is 39.1. The molecule has 0 fully saturated rings. The van der Waals surface area contributed by atoms with E-state index in [-0.39, 0.29) is 12.5 Å². The van der Waals surface area contributed by atoms with Gasteiger partial charge in [0.15, 0.2) is 5.13 Å². The van der Waals surface area contributed by atoms with Crippen LogP contribution in [0.25, 0.3) is 10.7 Å². The van der Waals surface area contributed by atoms with Crippen molar-refractivity contribution in [1.82, 2.24) is 15.0 Å². The molecule has 1 amide bonds. The van der Waals surface area contributed by atoms with E-state index in [1.54, 1.807) is 23.4 Å². The van der Waals surface area contributed by atoms with Crippen molar-refractivity contribution in [3.8, 4) is 10.7 Å². The van der Waals surface area contributed by atoms with E-state index in [9.17, 15) is 9.59 Å². The van der Waals surface area contributed by atoms with Gasteiger partial charge >= 0.3 is 5.97 Å². The molecule has 0 aliphatic heterocycles. The van der Waals surface area contributed by atoms with Gasteiger partial charge in [-0.25, -0.2) is 14.8 Å². The van der Waals surface area contributed by atoms with Gasteiger partial charge in [0.05, 0.1) is 17.1 Å². The van der Waals surface area contributed by atoms with Crippen LogP contribution in [0.1, 0.15) is 34.9 Å². The van der Waals surface area contributed by atoms with Crippen LogP contribution in [-0.4, -0.2) is 33.4 Å². The maximum Gasteiger partial charge on any atom is 0.350 e. The number of nitrogens with zero attached hydrogens (tertiary/aromatic N) is 4. The highest BCUT2D eigenvalue weighted by Crippen LogP contribution is 2.27. The summed E-state index contributed by atoms with van der Waals surface area (Å²) in [7, 11) is 0. The van der Waals surface area contributed by atoms with Crippen molar-refractivity contribution in [1.29, 1.82) is 0 Å². The number of hydrogen-bond acceptors (Lipinski definition) is 8. The normalized spacial score (nSPS) is 10.6. The van der Waals surface area contributed by atoms with Gasteiger partial charge in [-0.05, 0) is 26.0 Å². The standard InChI is InChI=1S/C18H18N4O3S2/c1-4-22(12(3)23)18-21-13(10-26-18)9-25-17(24)15-11(2)20-16(27-15)14-7-5-6-8-19-14/h5-8,10H,4,9H2,1-3H3. The molecule has 9 heteroatoms. The lowest BCUT2D eigenvalue weighted by Gasteiger charge is -2.14. The maximum atomic E-state index is 12.4. The number of rotatable bonds is 6. The van der Waals surface area contributed by atoms with E-state index in [0.717, 1.165) is 5.69 Å². The van der Waals surface area contributed by atoms with Gasteiger partial charge in [0.1, 0.15) is 16.5 Å². The van der Waals surface area contributed by atoms with Gasteiger partial charge in [0, 0.05) is 25.0 Å². The Morgan fingerprint density at radius 2 is 2.07 bits per heavy atom. The van der Waals surface area contributed by atoms with Crippen LogP contribution in [0.3, 0.4) is 0 Å². The molecule has 0 aliphatic carbocycles. The number of ether oxygens (including phenoxy) is 1. The highest BCUT2D eigenvalue weighted by molar-refractivity contribution is 7.17. The zero-order chi connectivity index (χ0) is 19.4. The number of esters is 1. The molecule has 0 saturated heterocycles. The number of amides is 1. The Hall–Kier alpha value is -2.65. The third kappa shape index (κ3) is 4.37. The van der Waals surface area contributed by atoms with Crippen molar-refractivity contribution in [2.45, 2.75) is 27.4 Å². The fourth-order valence-corrected chi connectivity index (χ4v) is 4.22. The lowest BCUT2D eigenvalue weighted by Crippen LogP contribution is -2.27. The first-order valence-corrected chi connectivity index (χ1v) is 9.97. The minimum Gasteiger partial charge on any atom is -0.455 e. The van der Waals surface area contributed by atoms with Crippen molar-refractivity contribution in [2.75, 3.05) is 11.4 Å². The molecule has 7 nitrogen and oxygen atoms in total. The molecule has 0 atom stereocenters. The van der Waals surface area contributed by atoms with E-state index in [4.69, 9.17) is 4.74 Å². The molecular formula is C18H18N4O3S2. The second-order valence-electron chi connectivity index (χ2n) is 5.61. The van der Waals surface area contributed by atoms with Crippen LogP contribution >= 0.6 is 22.7 Å². The first kappa shape index (κ1) is 19.1. The predicted octanol–water partition coefficient (Wildman–Crippen LogP) is 3.70. The highest BCUT2D eigenvalue weighted by Gasteiger charge is 2.19. The molecule has 0 aromatic carbocycles. The second kappa shape index (κ2) is 8.36. The number of thiazole rings is 2. The summed E-state index contributed by atoms with van der Waals surface area (Å²) in [6.45, 7) is 5.73. The van der Waals surface area contributed by atoms with E-state index in [1.807, 2.05) is 25.1 Å². The van der Waals surface area contributed by atoms with Crippen LogP contribution in [0.4, 0.5) is 5.13 Å². The Labute approximate surface area is 164 Å². The zero-order valence-corrected chi connectivity index (χ0v) is 16.8. The topological polar surface area (TPSA) is 85.3 Å². The Kier molecular flexibility index (Phi) is 5.92. The minimum absolute atomic E-state index is 0.0427. The van der Waals surface area contributed by atoms with Crippen molar-refractivity contribution in [2.24, 2.45) is 0 Å². The summed E-state index contributed by atoms with van der Waals surface area (Å²) < 4.78 is 5.38. The molecule has 27 heavy (non-hydrogen) atoms. The first-order valence-electron chi connectivity index (χ1n) is 8.28. The maximum absolute atomic E-state index is 12.4. The van der Waals surface area contributed by atoms with Crippen molar-refractivity contribution >= 4 is 39.7 Å². The number of carbonyl (C=O) groups excluding carboxylic acids is 2. The van der Waals surface area contributed by atoms with Gasteiger partial charge < -0.3 is 4.74 Å². The number of hydrogen-bond donors (Lipinski definition) is 0. The molecule has 3 heterocycles. The molecule has 0 radical (unpaired) electrons. The Bertz CT molecular complexity index is 953. The van der Waals surface area contributed by atoms with Crippen molar-refractivity contribution in [3.05, 3.63) is 46.0 Å². The summed E-state index contributed by atoms with van der Waals surface area (Å²) in [5.41, 5.74) is 1.94. The molecule has 3 aromatic rings. The lowest BCUT2D eigenvalue weighted by atomic mass is 10.3. The molecule has 3 aromatic heterocycles. The minimum atomic E-state index is -0.444. The van der Waals surface area contributed by atoms with Crippen molar-refractivity contribution < 1.29 is 14.3 Å². The molecule has 140 valence electrons. The van der Waals surface area contributed by atoms with Gasteiger partial charge in [-0.2, -0.15) is 0 Å². The second-order valence-corrected chi connectivity index (χ2v) is 7.44. The molecule has 0 bridgehead atoms. The van der Waals surface area contributed by atoms with Crippen LogP contribution in [0.15, 0.2) is 29.8 Å². The lowest BCUT2D eigenvalue weighted by molar-refractivity contribution is -0.116. The van der Waals surface area contributed by atoms with Crippen LogP contribution in [0.5, 0.6) is 0 Å². The average molecular weight is 403 g/mol. The molecule has 0 aliphatic rings. The number of pyridine rings is 1. The van der Waals surface area contributed by atoms with E-state index in [0.29, 0.717) is 32.9 Å². The van der Waals surface area contributed by atoms with E-state index >= 15 is 0 Å². The van der Waals surface area contributed by atoms with Gasteiger partial charge in [-0.15, -0.1) is 22.7 Å². The molecule has 3 rings (SSSR count). The van der Waals surface area contributed by atoms with Crippen LogP contribution in [0.2, 0.25) is 0 Å². The summed E-state index contributed by atoms with van der Waals surface area (Å²) in [6, 6.07) is 5.54. The summed E-state index contributed by atoms with van der Waals surface area (Å²) in [5, 5.41) is 3.06. The summed E-state index contributed by atoms with van der Waals surface area (Å²) in [6.07, 6.45) is 1.69. The van der Waals surface area contributed by atoms with E-state index in [1.165, 1.54) is 29.6 Å². The SMILES string of the molecule is CCN(C(C)=O)c1nc(COC(=O)c2sc(-c3ccccn3)nc2C)cs1. The Balaban J connectivity index is 1.67. The fraction of sp³-hybridized carbons (Fsp3) is 0.278. The Morgan fingerprint density at radius 3 is 2.74 bits per heavy atom. The van der Waals surface area contributed by atoms with Gasteiger partial charge in [-0.1, -0.05) is 6.07 Å². The third-order valence-corrected chi connectivity index (χ3v) is 5.76. The van der Waals surface area contributed by atoms with Gasteiger partial charge in [0.25, 0.3) is 0 Å². The summed E-state index contributed by atoms with van der Waals surface area (Å²) in [5.74, 6) is -0.515. The monoisotopic (exact) mass is 402 g/mol. The molecule has 0 unspecified atom stereocenters. The van der Waals surface area contributed by atoms with E-state index < -0.39 is 5.97 Å². The van der Waals surface area contributed by atoms with Crippen LogP contribution < -0.4 is 4.90 Å². The molecular weight excluding hydrogens is 384 g/mol. The molecule has 0 spiro atoms. The predicted molar refractivity (Wildman–Crippen MR) is 105 cm³/mol. The quantitative estimate of drug-likeness (QED) is 0.585. The highest BCUT2D eigenvalue weighted by atomic mass is 32.1. The largest absolute Gasteiger partial charge is 0.455 e. The van der Waals surface area contributed by atoms with Crippen LogP contribution in [0, 0.1) is 6.92 Å². The first-order chi connectivity index (χ1) is 13.0. The third-order valence-electron chi connectivity index (χ3n) is 3.68. The number of aryl methyl sites for hydroxylation is 1. The van der Waals surface area contributed by atoms with Crippen molar-refractivity contribution in [3.63, 3.8) is 0 Å². The average Bonchev–Trinajstić information content (AvgIpc) is 3.28. The fourth-order valence-electron chi connectivity index (χ4n) is 2.37. The Morgan fingerprint density at radius 1 is 1.26 bits per heavy atom. The smallest absolute Gasteiger partial charge is 0.350 e. The number of aromatic nitrogens is 3. The van der Waals surface area contributed by atoms with Gasteiger partial charge in [0.2, 0.25) is 5.91 Å². The number of anilines is 1. The molecule has 0 saturated carbocycles. The van der Waals surface area contributed by atoms with Crippen LogP contribution in [-0.2, 0) is 16.1 Å².